The van der Waals surface area contributed by atoms with E-state index >= 15 is 0 Å². The second-order valence-corrected chi connectivity index (χ2v) is 3.65. The summed E-state index contributed by atoms with van der Waals surface area (Å²) in [6.45, 7) is 0. The number of carbonyl (C=O) groups excluding carboxylic acids is 1. The average Bonchev–Trinajstić information content (AvgIpc) is 2.59. The number of aromatic hydroxyl groups is 4. The summed E-state index contributed by atoms with van der Waals surface area (Å²) in [6.07, 6.45) is 0. The van der Waals surface area contributed by atoms with Crippen LogP contribution in [0, 0.1) is 0 Å². The quantitative estimate of drug-likeness (QED) is 0.462. The molecule has 5 heteroatoms. The Kier molecular flexibility index (Phi) is 1.81. The van der Waals surface area contributed by atoms with Gasteiger partial charge >= 0.3 is 0 Å². The van der Waals surface area contributed by atoms with Crippen LogP contribution in [0.5, 0.6) is 23.0 Å². The molecule has 0 bridgehead atoms. The number of benzene rings is 2. The highest BCUT2D eigenvalue weighted by molar-refractivity contribution is 6.11. The van der Waals surface area contributed by atoms with E-state index in [0.717, 1.165) is 0 Å². The van der Waals surface area contributed by atoms with E-state index in [9.17, 15) is 4.79 Å². The Hall–Kier alpha value is -2.69. The summed E-state index contributed by atoms with van der Waals surface area (Å²) in [6, 6.07) is 7.90. The Balaban J connectivity index is 2.43. The van der Waals surface area contributed by atoms with Gasteiger partial charge in [-0.1, -0.05) is 0 Å². The maximum absolute atomic E-state index is 12.4. The molecular formula is C13H10O5. The van der Waals surface area contributed by atoms with Gasteiger partial charge in [-0.3, -0.25) is 4.79 Å². The molecule has 5 nitrogen and oxygen atoms in total. The van der Waals surface area contributed by atoms with Crippen LogP contribution in [0.25, 0.3) is 0 Å². The molecule has 0 radical (unpaired) electrons. The van der Waals surface area contributed by atoms with Crippen molar-refractivity contribution >= 4 is 5.78 Å². The van der Waals surface area contributed by atoms with Gasteiger partial charge in [0.25, 0.3) is 5.72 Å². The van der Waals surface area contributed by atoms with Crippen molar-refractivity contribution in [3.05, 3.63) is 47.5 Å². The van der Waals surface area contributed by atoms with Gasteiger partial charge < -0.3 is 20.4 Å². The Morgan fingerprint density at radius 2 is 1.72 bits per heavy atom. The van der Waals surface area contributed by atoms with Crippen LogP contribution < -0.4 is 0 Å². The maximum atomic E-state index is 12.4. The first-order valence-corrected chi connectivity index (χ1v) is 5.00. The number of rotatable bonds is 6. The van der Waals surface area contributed by atoms with Crippen molar-refractivity contribution in [2.24, 2.45) is 0 Å². The Morgan fingerprint density at radius 1 is 0.889 bits per heavy atom. The van der Waals surface area contributed by atoms with Gasteiger partial charge in [0.2, 0.25) is 0 Å². The van der Waals surface area contributed by atoms with Crippen LogP contribution >= 0.6 is 0 Å². The van der Waals surface area contributed by atoms with E-state index in [1.165, 1.54) is 36.4 Å². The number of carbonyl (C=O) groups is 1. The zero-order valence-electron chi connectivity index (χ0n) is 13.0. The van der Waals surface area contributed by atoms with Gasteiger partial charge in [-0.15, -0.1) is 0 Å². The largest absolute Gasteiger partial charge is 0.508 e. The van der Waals surface area contributed by atoms with Gasteiger partial charge in [0.15, 0.2) is 17.3 Å². The van der Waals surface area contributed by atoms with Crippen LogP contribution in [0.2, 0.25) is 0 Å². The standard InChI is InChI=1S/C13H10O5/c14-8-2-3-9(11(16)6-8)13(18)7-1-4-10(15)12(17)5-7/h1-6,14-17H/i/hD4. The van der Waals surface area contributed by atoms with Crippen molar-refractivity contribution in [3.63, 3.8) is 0 Å². The number of ketones is 1. The summed E-state index contributed by atoms with van der Waals surface area (Å²) < 4.78 is 27.5. The van der Waals surface area contributed by atoms with Gasteiger partial charge in [-0.05, 0) is 30.3 Å². The minimum atomic E-state index is -0.492. The lowest BCUT2D eigenvalue weighted by Crippen LogP contribution is -2.01. The van der Waals surface area contributed by atoms with Crippen molar-refractivity contribution < 1.29 is 25.2 Å². The summed E-state index contributed by atoms with van der Waals surface area (Å²) in [5.41, 5.74) is 0.229. The Labute approximate surface area is 108 Å². The normalized spacial score (nSPS) is 12.4. The third kappa shape index (κ3) is 2.06. The summed E-state index contributed by atoms with van der Waals surface area (Å²) in [5.74, 6) is -0.564. The average molecular weight is 250 g/mol. The van der Waals surface area contributed by atoms with Crippen LogP contribution in [-0.2, 0) is 0 Å². The van der Waals surface area contributed by atoms with E-state index in [4.69, 9.17) is 5.72 Å². The van der Waals surface area contributed by atoms with Crippen LogP contribution in [-0.4, -0.2) is 31.9 Å². The fourth-order valence-corrected chi connectivity index (χ4v) is 1.50. The third-order valence-electron chi connectivity index (χ3n) is 2.40. The molecule has 18 heavy (non-hydrogen) atoms. The third-order valence-corrected chi connectivity index (χ3v) is 2.40. The minimum absolute atomic E-state index is 0.0125. The van der Waals surface area contributed by atoms with Crippen LogP contribution in [0.15, 0.2) is 36.4 Å². The van der Waals surface area contributed by atoms with Crippen LogP contribution in [0.1, 0.15) is 15.9 Å². The molecule has 0 aliphatic carbocycles. The van der Waals surface area contributed by atoms with Gasteiger partial charge in [0.1, 0.15) is 11.5 Å². The van der Waals surface area contributed by atoms with E-state index < -0.39 is 5.78 Å². The molecule has 0 amide bonds. The first kappa shape index (κ1) is 7.60. The zero-order chi connectivity index (χ0) is 16.1. The fraction of sp³-hybridized carbons (Fsp3) is 0. The summed E-state index contributed by atoms with van der Waals surface area (Å²) >= 11 is 0. The monoisotopic (exact) mass is 250 g/mol. The smallest absolute Gasteiger partial charge is 0.293 e. The van der Waals surface area contributed by atoms with Crippen LogP contribution in [0.3, 0.4) is 0 Å². The second kappa shape index (κ2) is 4.29. The molecule has 0 fully saturated rings. The molecule has 0 saturated heterocycles. The molecule has 0 atom stereocenters. The van der Waals surface area contributed by atoms with Gasteiger partial charge in [0, 0.05) is 11.6 Å². The number of phenols is 4. The topological polar surface area (TPSA) is 98.0 Å². The van der Waals surface area contributed by atoms with Crippen LogP contribution in [0.4, 0.5) is 0 Å². The molecule has 4 N–H and O–H groups in total. The summed E-state index contributed by atoms with van der Waals surface area (Å²) in [4.78, 5) is 12.4. The molecule has 0 aliphatic heterocycles. The van der Waals surface area contributed by atoms with E-state index in [2.05, 4.69) is 20.4 Å². The summed E-state index contributed by atoms with van der Waals surface area (Å²) in [5, 5.41) is 17.2. The van der Waals surface area contributed by atoms with Crippen molar-refractivity contribution in [2.45, 2.75) is 0 Å². The van der Waals surface area contributed by atoms with Crippen molar-refractivity contribution in [1.82, 2.24) is 0 Å². The highest BCUT2D eigenvalue weighted by Crippen LogP contribution is 2.29. The lowest BCUT2D eigenvalue weighted by atomic mass is 10.0. The first-order valence-electron chi connectivity index (χ1n) is 6.63. The first-order chi connectivity index (χ1) is 10.6. The molecule has 0 saturated carbocycles. The lowest BCUT2D eigenvalue weighted by Gasteiger charge is -2.05. The second-order valence-electron chi connectivity index (χ2n) is 3.65. The predicted octanol–water partition coefficient (Wildman–Crippen LogP) is 1.74. The molecular weight excluding hydrogens is 236 g/mol. The predicted molar refractivity (Wildman–Crippen MR) is 63.0 cm³/mol. The van der Waals surface area contributed by atoms with E-state index in [-0.39, 0.29) is 34.1 Å². The summed E-state index contributed by atoms with van der Waals surface area (Å²) in [7, 11) is 0. The Bertz CT molecular complexity index is 692. The maximum Gasteiger partial charge on any atom is 0.293 e. The highest BCUT2D eigenvalue weighted by Gasteiger charge is 2.15. The van der Waals surface area contributed by atoms with E-state index in [1.54, 1.807) is 0 Å². The molecule has 2 aromatic rings. The van der Waals surface area contributed by atoms with Crippen molar-refractivity contribution in [1.29, 1.82) is 5.72 Å². The lowest BCUT2D eigenvalue weighted by molar-refractivity contribution is 0.103. The van der Waals surface area contributed by atoms with Gasteiger partial charge in [-0.25, -0.2) is 0 Å². The molecule has 0 aromatic heterocycles. The molecule has 0 aliphatic rings. The van der Waals surface area contributed by atoms with E-state index in [1.807, 2.05) is 0 Å². The molecule has 2 aromatic carbocycles. The SMILES string of the molecule is [2H]Oc1ccc(C(=O)c2ccc(O[2H])c(O[2H])c2)c(O[2H])c1. The number of phenolic OH excluding ortho intramolecular Hbond substituents is 4. The highest BCUT2D eigenvalue weighted by atomic mass is 16.3. The molecule has 2 rings (SSSR count). The molecule has 92 valence electrons. The molecule has 0 unspecified atom stereocenters. The fourth-order valence-electron chi connectivity index (χ4n) is 1.50. The zero-order valence-corrected chi connectivity index (χ0v) is 9.01. The number of hydrogen-bond acceptors (Lipinski definition) is 5. The minimum Gasteiger partial charge on any atom is -0.508 e. The van der Waals surface area contributed by atoms with Crippen molar-refractivity contribution in [2.75, 3.05) is 0 Å². The molecule has 0 heterocycles. The van der Waals surface area contributed by atoms with E-state index in [0.29, 0.717) is 0 Å². The van der Waals surface area contributed by atoms with Gasteiger partial charge in [0.05, 0.1) is 5.56 Å². The van der Waals surface area contributed by atoms with Gasteiger partial charge in [-0.2, -0.15) is 0 Å². The number of hydrogen-bond donors (Lipinski definition) is 4. The molecule has 0 spiro atoms. The van der Waals surface area contributed by atoms with Crippen molar-refractivity contribution in [3.8, 4) is 23.0 Å². The Morgan fingerprint density at radius 3 is 2.44 bits per heavy atom.